The Morgan fingerprint density at radius 2 is 1.96 bits per heavy atom. The summed E-state index contributed by atoms with van der Waals surface area (Å²) in [5.41, 5.74) is 1.89. The highest BCUT2D eigenvalue weighted by Gasteiger charge is 2.35. The zero-order chi connectivity index (χ0) is 18.1. The Balaban J connectivity index is 1.81. The van der Waals surface area contributed by atoms with Gasteiger partial charge in [-0.15, -0.1) is 0 Å². The molecule has 1 atom stereocenters. The molecule has 2 aromatic carbocycles. The number of anilines is 1. The van der Waals surface area contributed by atoms with E-state index in [4.69, 9.17) is 11.6 Å². The van der Waals surface area contributed by atoms with Gasteiger partial charge in [-0.3, -0.25) is 9.59 Å². The molecule has 2 aromatic rings. The van der Waals surface area contributed by atoms with Crippen LogP contribution in [0.15, 0.2) is 42.5 Å². The minimum absolute atomic E-state index is 0.184. The van der Waals surface area contributed by atoms with E-state index in [-0.39, 0.29) is 17.4 Å². The quantitative estimate of drug-likeness (QED) is 0.820. The lowest BCUT2D eigenvalue weighted by Crippen LogP contribution is -2.57. The van der Waals surface area contributed by atoms with Gasteiger partial charge in [-0.05, 0) is 49.7 Å². The lowest BCUT2D eigenvalue weighted by Gasteiger charge is -2.39. The van der Waals surface area contributed by atoms with Gasteiger partial charge in [0.1, 0.15) is 11.9 Å². The maximum Gasteiger partial charge on any atom is 0.254 e. The van der Waals surface area contributed by atoms with Gasteiger partial charge in [0.2, 0.25) is 5.91 Å². The third-order valence-corrected chi connectivity index (χ3v) is 4.86. The third kappa shape index (κ3) is 3.37. The zero-order valence-electron chi connectivity index (χ0n) is 14.0. The first kappa shape index (κ1) is 17.4. The van der Waals surface area contributed by atoms with Crippen LogP contribution in [0.1, 0.15) is 22.8 Å². The van der Waals surface area contributed by atoms with Gasteiger partial charge < -0.3 is 9.80 Å². The number of halogens is 2. The van der Waals surface area contributed by atoms with E-state index in [1.54, 1.807) is 24.0 Å². The average molecular weight is 361 g/mol. The van der Waals surface area contributed by atoms with Crippen LogP contribution in [0, 0.1) is 12.7 Å². The maximum atomic E-state index is 13.4. The van der Waals surface area contributed by atoms with E-state index in [1.165, 1.54) is 23.1 Å². The van der Waals surface area contributed by atoms with E-state index in [0.717, 1.165) is 5.56 Å². The number of nitrogens with zero attached hydrogens (tertiary/aromatic N) is 2. The van der Waals surface area contributed by atoms with Crippen molar-refractivity contribution in [1.82, 2.24) is 4.90 Å². The van der Waals surface area contributed by atoms with Crippen molar-refractivity contribution in [3.63, 3.8) is 0 Å². The third-order valence-electron chi connectivity index (χ3n) is 4.45. The molecule has 0 spiro atoms. The molecule has 1 aliphatic heterocycles. The molecule has 4 nitrogen and oxygen atoms in total. The molecule has 0 bridgehead atoms. The summed E-state index contributed by atoms with van der Waals surface area (Å²) in [4.78, 5) is 28.5. The highest BCUT2D eigenvalue weighted by Crippen LogP contribution is 2.26. The molecule has 0 aromatic heterocycles. The van der Waals surface area contributed by atoms with Gasteiger partial charge in [0.05, 0.1) is 0 Å². The van der Waals surface area contributed by atoms with Gasteiger partial charge in [-0.1, -0.05) is 23.7 Å². The van der Waals surface area contributed by atoms with E-state index in [0.29, 0.717) is 23.8 Å². The second-order valence-corrected chi connectivity index (χ2v) is 6.52. The van der Waals surface area contributed by atoms with Crippen LogP contribution in [-0.2, 0) is 4.79 Å². The van der Waals surface area contributed by atoms with Crippen molar-refractivity contribution >= 4 is 29.1 Å². The number of rotatable bonds is 2. The Labute approximate surface area is 150 Å². The summed E-state index contributed by atoms with van der Waals surface area (Å²) in [6, 6.07) is 10.3. The predicted octanol–water partition coefficient (Wildman–Crippen LogP) is 3.67. The van der Waals surface area contributed by atoms with Crippen LogP contribution in [0.4, 0.5) is 10.1 Å². The zero-order valence-corrected chi connectivity index (χ0v) is 14.8. The lowest BCUT2D eigenvalue weighted by atomic mass is 10.1. The van der Waals surface area contributed by atoms with Crippen LogP contribution in [0.3, 0.4) is 0 Å². The van der Waals surface area contributed by atoms with Crippen molar-refractivity contribution in [2.24, 2.45) is 0 Å². The summed E-state index contributed by atoms with van der Waals surface area (Å²) in [6.07, 6.45) is 0. The van der Waals surface area contributed by atoms with Gasteiger partial charge in [-0.25, -0.2) is 4.39 Å². The smallest absolute Gasteiger partial charge is 0.254 e. The number of benzene rings is 2. The van der Waals surface area contributed by atoms with Crippen LogP contribution in [0.2, 0.25) is 5.02 Å². The summed E-state index contributed by atoms with van der Waals surface area (Å²) < 4.78 is 13.4. The van der Waals surface area contributed by atoms with E-state index < -0.39 is 11.9 Å². The van der Waals surface area contributed by atoms with Crippen LogP contribution in [0.25, 0.3) is 0 Å². The maximum absolute atomic E-state index is 13.4. The van der Waals surface area contributed by atoms with Gasteiger partial charge in [-0.2, -0.15) is 0 Å². The summed E-state index contributed by atoms with van der Waals surface area (Å²) in [5, 5.41) is 0.594. The Hall–Kier alpha value is -2.40. The molecule has 6 heteroatoms. The van der Waals surface area contributed by atoms with Crippen LogP contribution in [0.5, 0.6) is 0 Å². The van der Waals surface area contributed by atoms with Crippen molar-refractivity contribution in [2.45, 2.75) is 19.9 Å². The molecule has 0 N–H and O–H groups in total. The molecule has 0 saturated carbocycles. The molecule has 1 unspecified atom stereocenters. The van der Waals surface area contributed by atoms with Crippen LogP contribution in [-0.4, -0.2) is 35.8 Å². The number of carbonyl (C=O) groups is 2. The van der Waals surface area contributed by atoms with E-state index in [9.17, 15) is 14.0 Å². The van der Waals surface area contributed by atoms with Crippen molar-refractivity contribution in [3.8, 4) is 0 Å². The fourth-order valence-corrected chi connectivity index (χ4v) is 3.12. The van der Waals surface area contributed by atoms with Crippen LogP contribution < -0.4 is 4.90 Å². The normalized spacial score (nSPS) is 17.8. The number of aryl methyl sites for hydroxylation is 1. The Morgan fingerprint density at radius 1 is 1.20 bits per heavy atom. The highest BCUT2D eigenvalue weighted by molar-refractivity contribution is 6.31. The van der Waals surface area contributed by atoms with Gasteiger partial charge in [0.25, 0.3) is 5.91 Å². The Bertz CT molecular complexity index is 840. The molecular formula is C19H18ClFN2O2. The first-order chi connectivity index (χ1) is 11.9. The van der Waals surface area contributed by atoms with Crippen molar-refractivity contribution in [1.29, 1.82) is 0 Å². The van der Waals surface area contributed by atoms with Gasteiger partial charge in [0, 0.05) is 29.4 Å². The summed E-state index contributed by atoms with van der Waals surface area (Å²) in [6.45, 7) is 4.31. The largest absolute Gasteiger partial charge is 0.325 e. The van der Waals surface area contributed by atoms with Gasteiger partial charge in [0.15, 0.2) is 0 Å². The van der Waals surface area contributed by atoms with Crippen molar-refractivity contribution < 1.29 is 14.0 Å². The molecule has 25 heavy (non-hydrogen) atoms. The van der Waals surface area contributed by atoms with Crippen molar-refractivity contribution in [3.05, 3.63) is 64.4 Å². The fourth-order valence-electron chi connectivity index (χ4n) is 2.94. The second-order valence-electron chi connectivity index (χ2n) is 6.11. The molecular weight excluding hydrogens is 343 g/mol. The standard InChI is InChI=1S/C19H18ClFN2O2/c1-12-6-7-16(11-17(12)20)23-9-8-22(13(2)18(23)24)19(25)14-4-3-5-15(21)10-14/h3-7,10-11,13H,8-9H2,1-2H3. The van der Waals surface area contributed by atoms with E-state index >= 15 is 0 Å². The first-order valence-electron chi connectivity index (χ1n) is 8.02. The van der Waals surface area contributed by atoms with Crippen molar-refractivity contribution in [2.75, 3.05) is 18.0 Å². The second kappa shape index (κ2) is 6.84. The molecule has 0 radical (unpaired) electrons. The Morgan fingerprint density at radius 3 is 2.64 bits per heavy atom. The van der Waals surface area contributed by atoms with E-state index in [2.05, 4.69) is 0 Å². The fraction of sp³-hybridized carbons (Fsp3) is 0.263. The predicted molar refractivity (Wildman–Crippen MR) is 95.4 cm³/mol. The molecule has 0 aliphatic carbocycles. The molecule has 3 rings (SSSR count). The molecule has 1 saturated heterocycles. The minimum Gasteiger partial charge on any atom is -0.325 e. The number of carbonyl (C=O) groups excluding carboxylic acids is 2. The number of amides is 2. The summed E-state index contributed by atoms with van der Waals surface area (Å²) >= 11 is 6.15. The topological polar surface area (TPSA) is 40.6 Å². The first-order valence-corrected chi connectivity index (χ1v) is 8.40. The molecule has 2 amide bonds. The van der Waals surface area contributed by atoms with E-state index in [1.807, 2.05) is 19.1 Å². The average Bonchev–Trinajstić information content (AvgIpc) is 2.59. The van der Waals surface area contributed by atoms with Crippen LogP contribution >= 0.6 is 11.6 Å². The summed E-state index contributed by atoms with van der Waals surface area (Å²) in [7, 11) is 0. The number of hydrogen-bond donors (Lipinski definition) is 0. The number of piperazine rings is 1. The minimum atomic E-state index is -0.635. The highest BCUT2D eigenvalue weighted by atomic mass is 35.5. The molecule has 130 valence electrons. The lowest BCUT2D eigenvalue weighted by molar-refractivity contribution is -0.124. The number of hydrogen-bond acceptors (Lipinski definition) is 2. The van der Waals surface area contributed by atoms with Gasteiger partial charge >= 0.3 is 0 Å². The monoisotopic (exact) mass is 360 g/mol. The molecule has 1 aliphatic rings. The summed E-state index contributed by atoms with van der Waals surface area (Å²) in [5.74, 6) is -1.00. The molecule has 1 heterocycles. The molecule has 1 fully saturated rings. The SMILES string of the molecule is Cc1ccc(N2CCN(C(=O)c3cccc(F)c3)C(C)C2=O)cc1Cl. The Kier molecular flexibility index (Phi) is 4.77.